The van der Waals surface area contributed by atoms with Crippen LogP contribution in [0.2, 0.25) is 0 Å². The van der Waals surface area contributed by atoms with Crippen molar-refractivity contribution in [2.45, 2.75) is 19.9 Å². The second kappa shape index (κ2) is 5.44. The quantitative estimate of drug-likeness (QED) is 0.910. The maximum atomic E-state index is 12.0. The van der Waals surface area contributed by atoms with Gasteiger partial charge in [0.25, 0.3) is 0 Å². The number of carbonyl (C=O) groups is 1. The first-order valence-electron chi connectivity index (χ1n) is 6.60. The number of nitrogens with one attached hydrogen (secondary N) is 1. The van der Waals surface area contributed by atoms with Gasteiger partial charge in [0.1, 0.15) is 6.04 Å². The van der Waals surface area contributed by atoms with Crippen molar-refractivity contribution in [2.75, 3.05) is 13.0 Å². The number of benzene rings is 1. The lowest BCUT2D eigenvalue weighted by molar-refractivity contribution is -0.113. The number of nitrogens with zero attached hydrogens (tertiary/aromatic N) is 1. The normalized spacial score (nSPS) is 20.1. The van der Waals surface area contributed by atoms with E-state index in [0.717, 1.165) is 22.2 Å². The van der Waals surface area contributed by atoms with Crippen molar-refractivity contribution < 1.29 is 14.3 Å². The van der Waals surface area contributed by atoms with E-state index < -0.39 is 0 Å². The van der Waals surface area contributed by atoms with Gasteiger partial charge in [-0.15, -0.1) is 0 Å². The maximum absolute atomic E-state index is 12.0. The molecule has 2 aliphatic rings. The number of carbonyl (C=O) groups excluding carboxylic acids is 1. The topological polar surface area (TPSA) is 59.9 Å². The highest BCUT2D eigenvalue weighted by molar-refractivity contribution is 8.13. The summed E-state index contributed by atoms with van der Waals surface area (Å²) in [4.78, 5) is 16.6. The van der Waals surface area contributed by atoms with Crippen molar-refractivity contribution in [3.8, 4) is 11.5 Å². The second-order valence-electron chi connectivity index (χ2n) is 4.87. The van der Waals surface area contributed by atoms with Gasteiger partial charge in [0.15, 0.2) is 22.4 Å². The third-order valence-electron chi connectivity index (χ3n) is 3.50. The number of amidine groups is 1. The average Bonchev–Trinajstić information content (AvgIpc) is 2.93. The summed E-state index contributed by atoms with van der Waals surface area (Å²) < 4.78 is 10.7. The first-order valence-corrected chi connectivity index (χ1v) is 7.82. The van der Waals surface area contributed by atoms with E-state index in [1.807, 2.05) is 31.4 Å². The van der Waals surface area contributed by atoms with Gasteiger partial charge in [-0.2, -0.15) is 0 Å². The molecular formula is C15H16N2O3S. The molecule has 5 nitrogen and oxygen atoms in total. The molecule has 6 heteroatoms. The summed E-state index contributed by atoms with van der Waals surface area (Å²) >= 11 is 1.52. The molecule has 0 unspecified atom stereocenters. The van der Waals surface area contributed by atoms with Crippen molar-refractivity contribution in [1.82, 2.24) is 5.32 Å². The van der Waals surface area contributed by atoms with E-state index >= 15 is 0 Å². The molecule has 2 aliphatic heterocycles. The predicted molar refractivity (Wildman–Crippen MR) is 82.8 cm³/mol. The average molecular weight is 304 g/mol. The molecule has 1 aromatic carbocycles. The summed E-state index contributed by atoms with van der Waals surface area (Å²) in [6.45, 7) is 3.71. The largest absolute Gasteiger partial charge is 0.454 e. The van der Waals surface area contributed by atoms with Crippen LogP contribution in [0.3, 0.4) is 0 Å². The molecule has 0 aliphatic carbocycles. The number of thioether (sulfide) groups is 1. The van der Waals surface area contributed by atoms with Gasteiger partial charge in [-0.25, -0.2) is 4.99 Å². The minimum Gasteiger partial charge on any atom is -0.454 e. The van der Waals surface area contributed by atoms with E-state index in [9.17, 15) is 4.79 Å². The van der Waals surface area contributed by atoms with Gasteiger partial charge in [-0.05, 0) is 37.8 Å². The molecule has 3 rings (SSSR count). The van der Waals surface area contributed by atoms with Crippen LogP contribution in [-0.2, 0) is 4.79 Å². The molecule has 0 fully saturated rings. The molecule has 1 atom stereocenters. The number of Topliss-reactive ketones (excluding diaryl/α,β-unsaturated/α-hetero) is 1. The van der Waals surface area contributed by atoms with Crippen LogP contribution in [0.1, 0.15) is 25.5 Å². The van der Waals surface area contributed by atoms with E-state index in [1.54, 1.807) is 6.92 Å². The Bertz CT molecular complexity index is 667. The van der Waals surface area contributed by atoms with Crippen molar-refractivity contribution in [3.05, 3.63) is 35.0 Å². The van der Waals surface area contributed by atoms with Crippen LogP contribution in [0.4, 0.5) is 0 Å². The molecule has 0 saturated heterocycles. The summed E-state index contributed by atoms with van der Waals surface area (Å²) in [5.41, 5.74) is 2.47. The number of ether oxygens (including phenoxy) is 2. The number of ketones is 1. The Labute approximate surface area is 127 Å². The van der Waals surface area contributed by atoms with Crippen molar-refractivity contribution in [3.63, 3.8) is 0 Å². The van der Waals surface area contributed by atoms with Gasteiger partial charge >= 0.3 is 0 Å². The van der Waals surface area contributed by atoms with Gasteiger partial charge < -0.3 is 14.8 Å². The Morgan fingerprint density at radius 3 is 2.86 bits per heavy atom. The van der Waals surface area contributed by atoms with E-state index in [0.29, 0.717) is 11.3 Å². The minimum absolute atomic E-state index is 0.0200. The molecule has 0 aromatic heterocycles. The summed E-state index contributed by atoms with van der Waals surface area (Å²) in [6, 6.07) is 5.39. The number of hydrogen-bond acceptors (Lipinski definition) is 6. The van der Waals surface area contributed by atoms with Gasteiger partial charge in [-0.1, -0.05) is 17.8 Å². The summed E-state index contributed by atoms with van der Waals surface area (Å²) in [5.74, 6) is 1.45. The fourth-order valence-corrected chi connectivity index (χ4v) is 3.00. The van der Waals surface area contributed by atoms with Crippen molar-refractivity contribution in [1.29, 1.82) is 0 Å². The highest BCUT2D eigenvalue weighted by Crippen LogP contribution is 2.38. The molecule has 110 valence electrons. The molecule has 1 aromatic rings. The summed E-state index contributed by atoms with van der Waals surface area (Å²) in [7, 11) is 0. The van der Waals surface area contributed by atoms with E-state index in [1.165, 1.54) is 11.8 Å². The van der Waals surface area contributed by atoms with Crippen molar-refractivity contribution in [2.24, 2.45) is 4.99 Å². The smallest absolute Gasteiger partial charge is 0.231 e. The van der Waals surface area contributed by atoms with Crippen LogP contribution in [0.15, 0.2) is 34.5 Å². The third kappa shape index (κ3) is 2.51. The molecule has 0 radical (unpaired) electrons. The number of aliphatic imine (C=N–C) groups is 1. The van der Waals surface area contributed by atoms with Gasteiger partial charge in [0.05, 0.1) is 0 Å². The zero-order valence-corrected chi connectivity index (χ0v) is 12.9. The fraction of sp³-hybridized carbons (Fsp3) is 0.333. The fourth-order valence-electron chi connectivity index (χ4n) is 2.53. The van der Waals surface area contributed by atoms with Gasteiger partial charge in [0, 0.05) is 11.3 Å². The molecule has 2 heterocycles. The van der Waals surface area contributed by atoms with E-state index in [4.69, 9.17) is 9.47 Å². The lowest BCUT2D eigenvalue weighted by atomic mass is 9.94. The first-order chi connectivity index (χ1) is 10.1. The molecule has 0 spiro atoms. The Kier molecular flexibility index (Phi) is 3.63. The zero-order chi connectivity index (χ0) is 15.0. The first kappa shape index (κ1) is 14.0. The minimum atomic E-state index is -0.305. The SMILES string of the molecule is CSC1=N[C@@H](c2ccc3c(c2)OCO3)C(C(C)=O)=C(C)N1. The van der Waals surface area contributed by atoms with Gasteiger partial charge in [0.2, 0.25) is 6.79 Å². The van der Waals surface area contributed by atoms with Crippen LogP contribution in [-0.4, -0.2) is 24.0 Å². The van der Waals surface area contributed by atoms with Crippen molar-refractivity contribution >= 4 is 22.7 Å². The Morgan fingerprint density at radius 2 is 2.14 bits per heavy atom. The zero-order valence-electron chi connectivity index (χ0n) is 12.1. The van der Waals surface area contributed by atoms with Crippen LogP contribution >= 0.6 is 11.8 Å². The highest BCUT2D eigenvalue weighted by Gasteiger charge is 2.28. The van der Waals surface area contributed by atoms with Crippen LogP contribution < -0.4 is 14.8 Å². The van der Waals surface area contributed by atoms with Gasteiger partial charge in [-0.3, -0.25) is 4.79 Å². The van der Waals surface area contributed by atoms with E-state index in [-0.39, 0.29) is 18.6 Å². The number of allylic oxidation sites excluding steroid dienone is 1. The van der Waals surface area contributed by atoms with Crippen LogP contribution in [0.25, 0.3) is 0 Å². The van der Waals surface area contributed by atoms with Crippen LogP contribution in [0.5, 0.6) is 11.5 Å². The summed E-state index contributed by atoms with van der Waals surface area (Å²) in [5, 5.41) is 3.97. The lowest BCUT2D eigenvalue weighted by Gasteiger charge is -2.25. The standard InChI is InChI=1S/C15H16N2O3S/c1-8-13(9(2)18)14(17-15(16-8)21-3)10-4-5-11-12(6-10)20-7-19-11/h4-6,14H,7H2,1-3H3,(H,16,17)/t14-/m0/s1. The third-order valence-corrected chi connectivity index (χ3v) is 4.10. The molecule has 1 N–H and O–H groups in total. The molecule has 21 heavy (non-hydrogen) atoms. The Hall–Kier alpha value is -1.95. The molecule has 0 amide bonds. The summed E-state index contributed by atoms with van der Waals surface area (Å²) in [6.07, 6.45) is 1.95. The molecule has 0 bridgehead atoms. The van der Waals surface area contributed by atoms with E-state index in [2.05, 4.69) is 10.3 Å². The Balaban J connectivity index is 2.06. The number of rotatable bonds is 2. The maximum Gasteiger partial charge on any atom is 0.231 e. The monoisotopic (exact) mass is 304 g/mol. The highest BCUT2D eigenvalue weighted by atomic mass is 32.2. The molecule has 0 saturated carbocycles. The number of fused-ring (bicyclic) bond motifs is 1. The van der Waals surface area contributed by atoms with Crippen LogP contribution in [0, 0.1) is 0 Å². The predicted octanol–water partition coefficient (Wildman–Crippen LogP) is 2.64. The lowest BCUT2D eigenvalue weighted by Crippen LogP contribution is -2.28. The Morgan fingerprint density at radius 1 is 1.38 bits per heavy atom. The number of hydrogen-bond donors (Lipinski definition) is 1. The molecular weight excluding hydrogens is 288 g/mol. The second-order valence-corrected chi connectivity index (χ2v) is 5.67.